The van der Waals surface area contributed by atoms with Crippen LogP contribution in [0.15, 0.2) is 58.4 Å². The standard InChI is InChI=1S/C20H15ClN2O2S/c1-3-12-25-17-11-7-4-8-14(17)13-18-19(24)23(2)20(26-18)22-16-10-6-5-9-15(16)21/h1,4-11,13H,12H2,2H3/b18-13+,22-20?. The van der Waals surface area contributed by atoms with Crippen LogP contribution in [0.1, 0.15) is 5.56 Å². The maximum atomic E-state index is 12.6. The van der Waals surface area contributed by atoms with E-state index in [0.717, 1.165) is 5.56 Å². The Labute approximate surface area is 161 Å². The van der Waals surface area contributed by atoms with E-state index in [0.29, 0.717) is 26.5 Å². The average molecular weight is 383 g/mol. The number of thioether (sulfide) groups is 1. The van der Waals surface area contributed by atoms with Gasteiger partial charge in [0.1, 0.15) is 12.4 Å². The number of hydrogen-bond acceptors (Lipinski definition) is 4. The molecule has 0 atom stereocenters. The van der Waals surface area contributed by atoms with Gasteiger partial charge in [-0.25, -0.2) is 4.99 Å². The number of rotatable bonds is 4. The Bertz CT molecular complexity index is 947. The summed E-state index contributed by atoms with van der Waals surface area (Å²) in [6.07, 6.45) is 7.03. The first kappa shape index (κ1) is 18.1. The lowest BCUT2D eigenvalue weighted by Gasteiger charge is -2.08. The molecule has 1 amide bonds. The second-order valence-corrected chi connectivity index (χ2v) is 6.77. The molecule has 1 fully saturated rings. The van der Waals surface area contributed by atoms with Crippen LogP contribution in [0.5, 0.6) is 5.75 Å². The van der Waals surface area contributed by atoms with Crippen LogP contribution in [0.25, 0.3) is 6.08 Å². The van der Waals surface area contributed by atoms with Crippen molar-refractivity contribution in [2.24, 2.45) is 4.99 Å². The highest BCUT2D eigenvalue weighted by Crippen LogP contribution is 2.35. The summed E-state index contributed by atoms with van der Waals surface area (Å²) in [4.78, 5) is 19.1. The van der Waals surface area contributed by atoms with Crippen molar-refractivity contribution in [1.82, 2.24) is 4.90 Å². The second kappa shape index (κ2) is 8.13. The third kappa shape index (κ3) is 3.93. The topological polar surface area (TPSA) is 41.9 Å². The van der Waals surface area contributed by atoms with E-state index in [1.54, 1.807) is 25.3 Å². The number of halogens is 1. The highest BCUT2D eigenvalue weighted by molar-refractivity contribution is 8.18. The smallest absolute Gasteiger partial charge is 0.266 e. The van der Waals surface area contributed by atoms with Crippen molar-refractivity contribution in [3.8, 4) is 18.1 Å². The zero-order valence-corrected chi connectivity index (χ0v) is 15.6. The Morgan fingerprint density at radius 3 is 2.77 bits per heavy atom. The first-order valence-corrected chi connectivity index (χ1v) is 8.95. The molecule has 3 rings (SSSR count). The van der Waals surface area contributed by atoms with Crippen molar-refractivity contribution in [1.29, 1.82) is 0 Å². The first-order chi connectivity index (χ1) is 12.6. The summed E-state index contributed by atoms with van der Waals surface area (Å²) in [5.41, 5.74) is 1.40. The van der Waals surface area contributed by atoms with Gasteiger partial charge >= 0.3 is 0 Å². The Morgan fingerprint density at radius 2 is 2.00 bits per heavy atom. The molecule has 0 bridgehead atoms. The quantitative estimate of drug-likeness (QED) is 0.574. The lowest BCUT2D eigenvalue weighted by atomic mass is 10.2. The fraction of sp³-hybridized carbons (Fsp3) is 0.100. The highest BCUT2D eigenvalue weighted by atomic mass is 35.5. The Hall–Kier alpha value is -2.68. The van der Waals surface area contributed by atoms with Gasteiger partial charge in [0.2, 0.25) is 0 Å². The van der Waals surface area contributed by atoms with Crippen LogP contribution >= 0.6 is 23.4 Å². The van der Waals surface area contributed by atoms with Crippen LogP contribution in [0.4, 0.5) is 5.69 Å². The number of carbonyl (C=O) groups excluding carboxylic acids is 1. The Morgan fingerprint density at radius 1 is 1.27 bits per heavy atom. The molecular weight excluding hydrogens is 368 g/mol. The number of carbonyl (C=O) groups is 1. The van der Waals surface area contributed by atoms with Gasteiger partial charge in [0.25, 0.3) is 5.91 Å². The number of hydrogen-bond donors (Lipinski definition) is 0. The van der Waals surface area contributed by atoms with Crippen LogP contribution in [0.3, 0.4) is 0 Å². The summed E-state index contributed by atoms with van der Waals surface area (Å²) in [6.45, 7) is 0.167. The van der Waals surface area contributed by atoms with Gasteiger partial charge in [-0.2, -0.15) is 0 Å². The van der Waals surface area contributed by atoms with Crippen molar-refractivity contribution in [3.05, 3.63) is 64.0 Å². The van der Waals surface area contributed by atoms with Gasteiger partial charge in [-0.3, -0.25) is 9.69 Å². The van der Waals surface area contributed by atoms with E-state index in [-0.39, 0.29) is 12.5 Å². The molecule has 1 aliphatic rings. The molecule has 2 aromatic rings. The van der Waals surface area contributed by atoms with Crippen LogP contribution in [-0.4, -0.2) is 29.6 Å². The summed E-state index contributed by atoms with van der Waals surface area (Å²) in [5, 5.41) is 1.10. The van der Waals surface area contributed by atoms with E-state index >= 15 is 0 Å². The average Bonchev–Trinajstić information content (AvgIpc) is 2.91. The number of aliphatic imine (C=N–C) groups is 1. The molecule has 0 aromatic heterocycles. The van der Waals surface area contributed by atoms with Gasteiger partial charge in [0, 0.05) is 12.6 Å². The molecule has 0 spiro atoms. The number of nitrogens with zero attached hydrogens (tertiary/aromatic N) is 2. The largest absolute Gasteiger partial charge is 0.480 e. The monoisotopic (exact) mass is 382 g/mol. The van der Waals surface area contributed by atoms with E-state index in [2.05, 4.69) is 10.9 Å². The Kier molecular flexibility index (Phi) is 5.67. The number of amidine groups is 1. The summed E-state index contributed by atoms with van der Waals surface area (Å²) < 4.78 is 5.53. The van der Waals surface area contributed by atoms with E-state index in [1.165, 1.54) is 16.7 Å². The minimum atomic E-state index is -0.132. The zero-order valence-electron chi connectivity index (χ0n) is 14.0. The third-order valence-electron chi connectivity index (χ3n) is 3.59. The minimum Gasteiger partial charge on any atom is -0.480 e. The van der Waals surface area contributed by atoms with E-state index in [1.807, 2.05) is 36.4 Å². The van der Waals surface area contributed by atoms with Gasteiger partial charge in [0.15, 0.2) is 5.17 Å². The van der Waals surface area contributed by atoms with E-state index < -0.39 is 0 Å². The summed E-state index contributed by atoms with van der Waals surface area (Å²) in [5.74, 6) is 2.94. The van der Waals surface area contributed by atoms with E-state index in [4.69, 9.17) is 22.8 Å². The molecule has 0 N–H and O–H groups in total. The van der Waals surface area contributed by atoms with Crippen molar-refractivity contribution in [2.45, 2.75) is 0 Å². The molecule has 0 unspecified atom stereocenters. The maximum Gasteiger partial charge on any atom is 0.266 e. The number of terminal acetylenes is 1. The second-order valence-electron chi connectivity index (χ2n) is 5.35. The molecule has 130 valence electrons. The van der Waals surface area contributed by atoms with Crippen molar-refractivity contribution < 1.29 is 9.53 Å². The van der Waals surface area contributed by atoms with Gasteiger partial charge in [-0.05, 0) is 36.0 Å². The molecule has 1 saturated heterocycles. The number of para-hydroxylation sites is 2. The van der Waals surface area contributed by atoms with Crippen molar-refractivity contribution in [3.63, 3.8) is 0 Å². The number of likely N-dealkylation sites (N-methyl/N-ethyl adjacent to an activating group) is 1. The van der Waals surface area contributed by atoms with Crippen LogP contribution in [-0.2, 0) is 4.79 Å². The lowest BCUT2D eigenvalue weighted by Crippen LogP contribution is -2.23. The summed E-state index contributed by atoms with van der Waals surface area (Å²) >= 11 is 7.45. The zero-order chi connectivity index (χ0) is 18.5. The molecule has 4 nitrogen and oxygen atoms in total. The minimum absolute atomic E-state index is 0.132. The normalized spacial score (nSPS) is 17.0. The summed E-state index contributed by atoms with van der Waals surface area (Å²) in [6, 6.07) is 14.7. The fourth-order valence-electron chi connectivity index (χ4n) is 2.29. The Balaban J connectivity index is 1.91. The molecule has 0 radical (unpaired) electrons. The number of amides is 1. The number of benzene rings is 2. The first-order valence-electron chi connectivity index (χ1n) is 7.76. The van der Waals surface area contributed by atoms with Crippen LogP contribution in [0, 0.1) is 12.3 Å². The molecule has 0 saturated carbocycles. The maximum absolute atomic E-state index is 12.6. The molecule has 26 heavy (non-hydrogen) atoms. The van der Waals surface area contributed by atoms with Gasteiger partial charge in [-0.15, -0.1) is 6.42 Å². The molecule has 6 heteroatoms. The van der Waals surface area contributed by atoms with Crippen LogP contribution < -0.4 is 4.74 Å². The molecular formula is C20H15ClN2O2S. The van der Waals surface area contributed by atoms with Crippen molar-refractivity contribution in [2.75, 3.05) is 13.7 Å². The van der Waals surface area contributed by atoms with Crippen LogP contribution in [0.2, 0.25) is 5.02 Å². The predicted octanol–water partition coefficient (Wildman–Crippen LogP) is 4.59. The molecule has 1 aliphatic heterocycles. The highest BCUT2D eigenvalue weighted by Gasteiger charge is 2.30. The third-order valence-corrected chi connectivity index (χ3v) is 4.97. The molecule has 2 aromatic carbocycles. The molecule has 0 aliphatic carbocycles. The fourth-order valence-corrected chi connectivity index (χ4v) is 3.44. The van der Waals surface area contributed by atoms with Gasteiger partial charge < -0.3 is 4.74 Å². The lowest BCUT2D eigenvalue weighted by molar-refractivity contribution is -0.121. The van der Waals surface area contributed by atoms with Gasteiger partial charge in [-0.1, -0.05) is 47.9 Å². The SMILES string of the molecule is C#CCOc1ccccc1/C=C1/SC(=Nc2ccccc2Cl)N(C)C1=O. The van der Waals surface area contributed by atoms with E-state index in [9.17, 15) is 4.79 Å². The van der Waals surface area contributed by atoms with Crippen molar-refractivity contribution >= 4 is 46.2 Å². The van der Waals surface area contributed by atoms with Gasteiger partial charge in [0.05, 0.1) is 15.6 Å². The predicted molar refractivity (Wildman–Crippen MR) is 108 cm³/mol. The summed E-state index contributed by atoms with van der Waals surface area (Å²) in [7, 11) is 1.69. The molecule has 1 heterocycles. The number of ether oxygens (including phenoxy) is 1.